The van der Waals surface area contributed by atoms with Gasteiger partial charge < -0.3 is 0 Å². The second-order valence-corrected chi connectivity index (χ2v) is 5.56. The van der Waals surface area contributed by atoms with Gasteiger partial charge in [0.15, 0.2) is 0 Å². The summed E-state index contributed by atoms with van der Waals surface area (Å²) in [7, 11) is 0. The molecule has 1 aliphatic heterocycles. The number of carbonyl (C=O) groups is 1. The molecular formula is C9H12N2O5Se. The van der Waals surface area contributed by atoms with Crippen molar-refractivity contribution in [2.45, 2.75) is 24.4 Å². The summed E-state index contributed by atoms with van der Waals surface area (Å²) in [5.74, 6) is -0.631. The molecule has 0 spiro atoms. The third-order valence-electron chi connectivity index (χ3n) is 2.56. The van der Waals surface area contributed by atoms with E-state index in [4.69, 9.17) is 15.6 Å². The summed E-state index contributed by atoms with van der Waals surface area (Å²) in [5, 5.41) is 28.3. The molecule has 0 aromatic carbocycles. The number of hydrogen-bond donors (Lipinski definition) is 4. The van der Waals surface area contributed by atoms with Gasteiger partial charge in [0.2, 0.25) is 0 Å². The van der Waals surface area contributed by atoms with Crippen LogP contribution in [0, 0.1) is 0 Å². The standard InChI is InChI=1S/C9H12N2O5Se/c10-8(15)3-2-17-9(11-3)7-6(14)5(13)4(1-12)16-7/h2,4-7,12-14H,1H2,(H2,10,15)/t4-,5-,6-,7?/m1/s1. The van der Waals surface area contributed by atoms with Gasteiger partial charge >= 0.3 is 102 Å². The minimum absolute atomic E-state index is 0.151. The third-order valence-corrected chi connectivity index (χ3v) is 4.46. The first-order chi connectivity index (χ1) is 8.04. The second-order valence-electron chi connectivity index (χ2n) is 3.69. The number of aliphatic hydroxyl groups excluding tert-OH is 3. The Bertz CT molecular complexity index is 423. The van der Waals surface area contributed by atoms with Crippen LogP contribution in [0.5, 0.6) is 0 Å². The van der Waals surface area contributed by atoms with Gasteiger partial charge in [-0.1, -0.05) is 0 Å². The summed E-state index contributed by atoms with van der Waals surface area (Å²) in [4.78, 5) is 16.5. The predicted octanol–water partition coefficient (Wildman–Crippen LogP) is -2.61. The maximum atomic E-state index is 10.9. The Hall–Kier alpha value is -0.761. The van der Waals surface area contributed by atoms with Gasteiger partial charge in [0, 0.05) is 0 Å². The number of hydrogen-bond acceptors (Lipinski definition) is 6. The Labute approximate surface area is 103 Å². The molecule has 4 atom stereocenters. The molecule has 2 heterocycles. The fourth-order valence-electron chi connectivity index (χ4n) is 1.64. The van der Waals surface area contributed by atoms with Crippen molar-refractivity contribution < 1.29 is 24.9 Å². The zero-order valence-electron chi connectivity index (χ0n) is 8.68. The second kappa shape index (κ2) is 4.85. The number of primary amides is 1. The maximum absolute atomic E-state index is 10.9. The molecule has 0 radical (unpaired) electrons. The van der Waals surface area contributed by atoms with Gasteiger partial charge in [0.25, 0.3) is 0 Å². The molecule has 17 heavy (non-hydrogen) atoms. The van der Waals surface area contributed by atoms with Gasteiger partial charge in [0.05, 0.1) is 0 Å². The van der Waals surface area contributed by atoms with Crippen LogP contribution in [0.4, 0.5) is 0 Å². The van der Waals surface area contributed by atoms with Gasteiger partial charge in [-0.25, -0.2) is 0 Å². The van der Waals surface area contributed by atoms with Crippen LogP contribution in [-0.4, -0.2) is 65.6 Å². The van der Waals surface area contributed by atoms with Crippen molar-refractivity contribution in [3.05, 3.63) is 15.2 Å². The van der Waals surface area contributed by atoms with Crippen molar-refractivity contribution in [3.8, 4) is 0 Å². The molecule has 1 aliphatic rings. The number of amides is 1. The minimum atomic E-state index is -1.15. The average Bonchev–Trinajstić information content (AvgIpc) is 2.87. The van der Waals surface area contributed by atoms with Crippen LogP contribution >= 0.6 is 0 Å². The van der Waals surface area contributed by atoms with E-state index < -0.39 is 30.3 Å². The Morgan fingerprint density at radius 1 is 1.53 bits per heavy atom. The third kappa shape index (κ3) is 2.28. The molecule has 0 aliphatic carbocycles. The normalized spacial score (nSPS) is 32.9. The van der Waals surface area contributed by atoms with Crippen molar-refractivity contribution in [1.29, 1.82) is 0 Å². The van der Waals surface area contributed by atoms with Crippen molar-refractivity contribution in [1.82, 2.24) is 4.98 Å². The number of nitrogens with zero attached hydrogens (tertiary/aromatic N) is 1. The summed E-state index contributed by atoms with van der Waals surface area (Å²) in [6.45, 7) is -0.384. The van der Waals surface area contributed by atoms with E-state index in [1.165, 1.54) is 0 Å². The Morgan fingerprint density at radius 3 is 2.71 bits per heavy atom. The van der Waals surface area contributed by atoms with Crippen molar-refractivity contribution in [3.63, 3.8) is 0 Å². The SMILES string of the molecule is NC(=O)c1c[se]c(C2O[C@H](CO)[C@@H](O)[C@H]2O)n1. The van der Waals surface area contributed by atoms with Crippen molar-refractivity contribution in [2.24, 2.45) is 5.73 Å². The molecule has 2 rings (SSSR count). The van der Waals surface area contributed by atoms with Crippen LogP contribution in [0.1, 0.15) is 21.2 Å². The number of ether oxygens (including phenoxy) is 1. The van der Waals surface area contributed by atoms with E-state index in [0.29, 0.717) is 4.57 Å². The quantitative estimate of drug-likeness (QED) is 0.453. The van der Waals surface area contributed by atoms with Gasteiger partial charge in [-0.05, 0) is 0 Å². The Morgan fingerprint density at radius 2 is 2.24 bits per heavy atom. The number of aliphatic hydroxyl groups is 3. The molecule has 7 nitrogen and oxygen atoms in total. The van der Waals surface area contributed by atoms with Crippen LogP contribution in [-0.2, 0) is 4.74 Å². The molecular weight excluding hydrogens is 295 g/mol. The van der Waals surface area contributed by atoms with E-state index >= 15 is 0 Å². The molecule has 8 heteroatoms. The summed E-state index contributed by atoms with van der Waals surface area (Å²) in [5.41, 5.74) is 5.23. The zero-order chi connectivity index (χ0) is 12.6. The average molecular weight is 307 g/mol. The molecule has 1 aromatic rings. The summed E-state index contributed by atoms with van der Waals surface area (Å²) >= 11 is -0.236. The van der Waals surface area contributed by atoms with Gasteiger partial charge in [-0.3, -0.25) is 0 Å². The Kier molecular flexibility index (Phi) is 3.62. The molecule has 1 unspecified atom stereocenters. The monoisotopic (exact) mass is 308 g/mol. The molecule has 0 bridgehead atoms. The van der Waals surface area contributed by atoms with Crippen LogP contribution < -0.4 is 5.73 Å². The first-order valence-corrected chi connectivity index (χ1v) is 6.77. The summed E-state index contributed by atoms with van der Waals surface area (Å²) in [6.07, 6.45) is -3.91. The van der Waals surface area contributed by atoms with Gasteiger partial charge in [0.1, 0.15) is 0 Å². The molecule has 5 N–H and O–H groups in total. The number of nitrogens with two attached hydrogens (primary N) is 1. The van der Waals surface area contributed by atoms with Crippen LogP contribution in [0.2, 0.25) is 0 Å². The summed E-state index contributed by atoms with van der Waals surface area (Å²) in [6, 6.07) is 0. The molecule has 1 aromatic heterocycles. The first-order valence-electron chi connectivity index (χ1n) is 4.92. The van der Waals surface area contributed by atoms with Crippen molar-refractivity contribution in [2.75, 3.05) is 6.61 Å². The van der Waals surface area contributed by atoms with E-state index in [2.05, 4.69) is 4.98 Å². The van der Waals surface area contributed by atoms with Crippen LogP contribution in [0.25, 0.3) is 0 Å². The van der Waals surface area contributed by atoms with Crippen molar-refractivity contribution >= 4 is 20.4 Å². The van der Waals surface area contributed by atoms with E-state index in [-0.39, 0.29) is 26.8 Å². The fourth-order valence-corrected chi connectivity index (χ4v) is 3.48. The fraction of sp³-hybridized carbons (Fsp3) is 0.556. The first kappa shape index (κ1) is 12.7. The number of aromatic nitrogens is 1. The van der Waals surface area contributed by atoms with Gasteiger partial charge in [-0.2, -0.15) is 0 Å². The van der Waals surface area contributed by atoms with Crippen LogP contribution in [0.3, 0.4) is 0 Å². The molecule has 0 saturated carbocycles. The van der Waals surface area contributed by atoms with E-state index in [9.17, 15) is 15.0 Å². The Balaban J connectivity index is 2.19. The summed E-state index contributed by atoms with van der Waals surface area (Å²) < 4.78 is 5.79. The molecule has 94 valence electrons. The predicted molar refractivity (Wildman–Crippen MR) is 56.4 cm³/mol. The molecule has 1 amide bonds. The van der Waals surface area contributed by atoms with E-state index in [1.54, 1.807) is 4.94 Å². The number of rotatable bonds is 3. The molecule has 1 fully saturated rings. The zero-order valence-corrected chi connectivity index (χ0v) is 10.4. The van der Waals surface area contributed by atoms with Crippen LogP contribution in [0.15, 0.2) is 4.94 Å². The van der Waals surface area contributed by atoms with Gasteiger partial charge in [-0.15, -0.1) is 0 Å². The van der Waals surface area contributed by atoms with E-state index in [1.807, 2.05) is 0 Å². The number of carbonyl (C=O) groups excluding carboxylic acids is 1. The topological polar surface area (TPSA) is 126 Å². The van der Waals surface area contributed by atoms with E-state index in [0.717, 1.165) is 0 Å². The molecule has 1 saturated heterocycles.